The molecule has 1 aromatic heterocycles. The number of anilines is 3. The molecular weight excluding hydrogens is 418 g/mol. The summed E-state index contributed by atoms with van der Waals surface area (Å²) in [6.45, 7) is 0. The minimum atomic E-state index is 0.593. The van der Waals surface area contributed by atoms with Gasteiger partial charge in [0.1, 0.15) is 0 Å². The molecule has 4 nitrogen and oxygen atoms in total. The van der Waals surface area contributed by atoms with Crippen molar-refractivity contribution in [1.82, 2.24) is 4.98 Å². The Morgan fingerprint density at radius 1 is 0.676 bits per heavy atom. The topological polar surface area (TPSA) is 49.2 Å². The Hall–Kier alpha value is -4.88. The number of hydrogen-bond donors (Lipinski definition) is 0. The molecule has 1 aliphatic rings. The van der Waals surface area contributed by atoms with Crippen molar-refractivity contribution in [3.05, 3.63) is 121 Å². The molecule has 0 fully saturated rings. The zero-order valence-corrected chi connectivity index (χ0v) is 18.2. The van der Waals surface area contributed by atoms with Crippen molar-refractivity contribution in [2.24, 2.45) is 0 Å². The summed E-state index contributed by atoms with van der Waals surface area (Å²) in [6, 6.07) is 38.5. The Bertz CT molecular complexity index is 1520. The summed E-state index contributed by atoms with van der Waals surface area (Å²) >= 11 is 0. The number of para-hydroxylation sites is 4. The van der Waals surface area contributed by atoms with Gasteiger partial charge in [-0.25, -0.2) is 0 Å². The van der Waals surface area contributed by atoms with Crippen molar-refractivity contribution in [3.8, 4) is 40.0 Å². The van der Waals surface area contributed by atoms with Gasteiger partial charge in [-0.2, -0.15) is 5.26 Å². The molecule has 0 saturated heterocycles. The highest BCUT2D eigenvalue weighted by molar-refractivity contribution is 5.89. The van der Waals surface area contributed by atoms with E-state index >= 15 is 0 Å². The molecule has 0 aliphatic carbocycles. The molecule has 1 aliphatic heterocycles. The maximum atomic E-state index is 9.34. The molecule has 0 atom stereocenters. The average molecular weight is 438 g/mol. The molecular formula is C30H19N3O. The average Bonchev–Trinajstić information content (AvgIpc) is 2.92. The van der Waals surface area contributed by atoms with Crippen LogP contribution >= 0.6 is 0 Å². The SMILES string of the molecule is N#Cc1ccnc(-c2ccccc2-c2cccc(N3c4ccccc4Oc4ccccc43)c2)c1. The van der Waals surface area contributed by atoms with E-state index in [2.05, 4.69) is 58.4 Å². The Labute approximate surface area is 198 Å². The van der Waals surface area contributed by atoms with Crippen LogP contribution in [-0.2, 0) is 0 Å². The minimum absolute atomic E-state index is 0.593. The fourth-order valence-corrected chi connectivity index (χ4v) is 4.40. The predicted molar refractivity (Wildman–Crippen MR) is 135 cm³/mol. The lowest BCUT2D eigenvalue weighted by Crippen LogP contribution is -2.15. The number of fused-ring (bicyclic) bond motifs is 2. The van der Waals surface area contributed by atoms with Crippen LogP contribution in [0, 0.1) is 11.3 Å². The van der Waals surface area contributed by atoms with Crippen LogP contribution in [0.15, 0.2) is 115 Å². The molecule has 0 saturated carbocycles. The van der Waals surface area contributed by atoms with E-state index in [0.29, 0.717) is 5.56 Å². The van der Waals surface area contributed by atoms with E-state index in [4.69, 9.17) is 4.74 Å². The Morgan fingerprint density at radius 3 is 2.09 bits per heavy atom. The number of hydrogen-bond acceptors (Lipinski definition) is 4. The van der Waals surface area contributed by atoms with Gasteiger partial charge in [-0.15, -0.1) is 0 Å². The zero-order valence-electron chi connectivity index (χ0n) is 18.2. The van der Waals surface area contributed by atoms with Gasteiger partial charge in [-0.3, -0.25) is 4.98 Å². The van der Waals surface area contributed by atoms with Crippen LogP contribution in [0.4, 0.5) is 17.1 Å². The van der Waals surface area contributed by atoms with Crippen LogP contribution in [0.25, 0.3) is 22.4 Å². The van der Waals surface area contributed by atoms with Crippen LogP contribution < -0.4 is 9.64 Å². The summed E-state index contributed by atoms with van der Waals surface area (Å²) in [5.74, 6) is 1.65. The third kappa shape index (κ3) is 3.37. The van der Waals surface area contributed by atoms with Crippen molar-refractivity contribution < 1.29 is 4.74 Å². The van der Waals surface area contributed by atoms with Gasteiger partial charge in [-0.05, 0) is 59.7 Å². The lowest BCUT2D eigenvalue weighted by Gasteiger charge is -2.33. The smallest absolute Gasteiger partial charge is 0.151 e. The first-order chi connectivity index (χ1) is 16.8. The minimum Gasteiger partial charge on any atom is -0.453 e. The summed E-state index contributed by atoms with van der Waals surface area (Å²) < 4.78 is 6.17. The van der Waals surface area contributed by atoms with Crippen molar-refractivity contribution in [2.75, 3.05) is 4.90 Å². The molecule has 0 amide bonds. The summed E-state index contributed by atoms with van der Waals surface area (Å²) in [6.07, 6.45) is 1.68. The summed E-state index contributed by atoms with van der Waals surface area (Å²) in [5.41, 5.74) is 7.51. The second-order valence-corrected chi connectivity index (χ2v) is 8.01. The summed E-state index contributed by atoms with van der Waals surface area (Å²) in [5, 5.41) is 9.34. The van der Waals surface area contributed by atoms with Crippen LogP contribution in [0.5, 0.6) is 11.5 Å². The molecule has 160 valence electrons. The second-order valence-electron chi connectivity index (χ2n) is 8.01. The molecule has 6 rings (SSSR count). The highest BCUT2D eigenvalue weighted by atomic mass is 16.5. The number of nitriles is 1. The fraction of sp³-hybridized carbons (Fsp3) is 0. The second kappa shape index (κ2) is 8.23. The number of nitrogens with zero attached hydrogens (tertiary/aromatic N) is 3. The van der Waals surface area contributed by atoms with Crippen LogP contribution in [0.3, 0.4) is 0 Å². The lowest BCUT2D eigenvalue weighted by molar-refractivity contribution is 0.477. The number of aromatic nitrogens is 1. The maximum Gasteiger partial charge on any atom is 0.151 e. The van der Waals surface area contributed by atoms with Crippen LogP contribution in [0.1, 0.15) is 5.56 Å². The van der Waals surface area contributed by atoms with Gasteiger partial charge >= 0.3 is 0 Å². The quantitative estimate of drug-likeness (QED) is 0.283. The summed E-state index contributed by atoms with van der Waals surface area (Å²) in [7, 11) is 0. The van der Waals surface area contributed by atoms with Gasteiger partial charge in [0.25, 0.3) is 0 Å². The van der Waals surface area contributed by atoms with Gasteiger partial charge in [0.2, 0.25) is 0 Å². The van der Waals surface area contributed by atoms with E-state index in [-0.39, 0.29) is 0 Å². The van der Waals surface area contributed by atoms with Gasteiger partial charge in [0, 0.05) is 17.4 Å². The van der Waals surface area contributed by atoms with Crippen molar-refractivity contribution >= 4 is 17.1 Å². The van der Waals surface area contributed by atoms with E-state index in [1.807, 2.05) is 60.7 Å². The molecule has 0 bridgehead atoms. The maximum absolute atomic E-state index is 9.34. The summed E-state index contributed by atoms with van der Waals surface area (Å²) in [4.78, 5) is 6.77. The molecule has 4 heteroatoms. The zero-order chi connectivity index (χ0) is 22.9. The first-order valence-electron chi connectivity index (χ1n) is 11.0. The largest absolute Gasteiger partial charge is 0.453 e. The van der Waals surface area contributed by atoms with E-state index in [0.717, 1.165) is 50.9 Å². The monoisotopic (exact) mass is 437 g/mol. The van der Waals surface area contributed by atoms with E-state index < -0.39 is 0 Å². The predicted octanol–water partition coefficient (Wildman–Crippen LogP) is 7.86. The molecule has 34 heavy (non-hydrogen) atoms. The van der Waals surface area contributed by atoms with Crippen molar-refractivity contribution in [1.29, 1.82) is 5.26 Å². The number of rotatable bonds is 3. The van der Waals surface area contributed by atoms with E-state index in [1.165, 1.54) is 0 Å². The fourth-order valence-electron chi connectivity index (χ4n) is 4.40. The number of pyridine rings is 1. The molecule has 2 heterocycles. The molecule has 0 N–H and O–H groups in total. The third-order valence-electron chi connectivity index (χ3n) is 5.94. The van der Waals surface area contributed by atoms with Crippen molar-refractivity contribution in [3.63, 3.8) is 0 Å². The molecule has 5 aromatic rings. The molecule has 0 radical (unpaired) electrons. The Balaban J connectivity index is 1.50. The standard InChI is InChI=1S/C30H19N3O/c31-20-21-16-17-32-26(18-21)25-11-2-1-10-24(25)22-8-7-9-23(19-22)33-27-12-3-5-14-29(27)34-30-15-6-4-13-28(30)33/h1-19H. The first-order valence-corrected chi connectivity index (χ1v) is 11.0. The van der Waals surface area contributed by atoms with Gasteiger partial charge in [0.15, 0.2) is 11.5 Å². The number of benzene rings is 4. The molecule has 0 spiro atoms. The Kier molecular flexibility index (Phi) is 4.79. The van der Waals surface area contributed by atoms with E-state index in [9.17, 15) is 5.26 Å². The van der Waals surface area contributed by atoms with Crippen LogP contribution in [-0.4, -0.2) is 4.98 Å². The van der Waals surface area contributed by atoms with Gasteiger partial charge in [0.05, 0.1) is 28.7 Å². The van der Waals surface area contributed by atoms with Gasteiger partial charge < -0.3 is 9.64 Å². The van der Waals surface area contributed by atoms with Crippen molar-refractivity contribution in [2.45, 2.75) is 0 Å². The Morgan fingerprint density at radius 2 is 1.35 bits per heavy atom. The highest BCUT2D eigenvalue weighted by Crippen LogP contribution is 2.50. The normalized spacial score (nSPS) is 11.7. The molecule has 4 aromatic carbocycles. The number of ether oxygens (including phenoxy) is 1. The lowest BCUT2D eigenvalue weighted by atomic mass is 9.96. The van der Waals surface area contributed by atoms with Gasteiger partial charge in [-0.1, -0.05) is 60.7 Å². The van der Waals surface area contributed by atoms with Crippen LogP contribution in [0.2, 0.25) is 0 Å². The first kappa shape index (κ1) is 19.8. The molecule has 0 unspecified atom stereocenters. The van der Waals surface area contributed by atoms with E-state index in [1.54, 1.807) is 12.3 Å². The highest BCUT2D eigenvalue weighted by Gasteiger charge is 2.25. The third-order valence-corrected chi connectivity index (χ3v) is 5.94.